The van der Waals surface area contributed by atoms with E-state index in [2.05, 4.69) is 4.98 Å². The molecule has 1 aromatic heterocycles. The van der Waals surface area contributed by atoms with E-state index in [-0.39, 0.29) is 18.0 Å². The molecule has 1 fully saturated rings. The molecule has 1 aliphatic rings. The largest absolute Gasteiger partial charge is 0.481 e. The van der Waals surface area contributed by atoms with Gasteiger partial charge in [-0.2, -0.15) is 0 Å². The highest BCUT2D eigenvalue weighted by Gasteiger charge is 2.42. The molecule has 2 N–H and O–H groups in total. The number of nitrogens with zero attached hydrogens (tertiary/aromatic N) is 1. The van der Waals surface area contributed by atoms with Crippen molar-refractivity contribution in [3.8, 4) is 0 Å². The van der Waals surface area contributed by atoms with Crippen LogP contribution in [0, 0.1) is 5.41 Å². The number of aromatic amines is 1. The summed E-state index contributed by atoms with van der Waals surface area (Å²) < 4.78 is 0. The predicted octanol–water partition coefficient (Wildman–Crippen LogP) is 2.25. The number of piperidine rings is 1. The molecule has 24 heavy (non-hydrogen) atoms. The number of carbonyl (C=O) groups excluding carboxylic acids is 1. The lowest BCUT2D eigenvalue weighted by Crippen LogP contribution is -2.49. The second-order valence-corrected chi connectivity index (χ2v) is 6.35. The number of nitrogens with one attached hydrogen (secondary N) is 1. The maximum atomic E-state index is 13.0. The summed E-state index contributed by atoms with van der Waals surface area (Å²) in [6, 6.07) is 6.95. The Labute approximate surface area is 139 Å². The minimum absolute atomic E-state index is 0.200. The molecule has 3 rings (SSSR count). The number of likely N-dealkylation sites (tertiary alicyclic amines) is 1. The number of fused-ring (bicyclic) bond motifs is 1. The number of H-pyrrole nitrogens is 1. The smallest absolute Gasteiger partial charge is 0.311 e. The third kappa shape index (κ3) is 2.58. The van der Waals surface area contributed by atoms with Crippen LogP contribution in [-0.4, -0.2) is 40.0 Å². The molecule has 0 unspecified atom stereocenters. The molecule has 6 heteroatoms. The van der Waals surface area contributed by atoms with E-state index < -0.39 is 11.4 Å². The average Bonchev–Trinajstić information content (AvgIpc) is 2.61. The van der Waals surface area contributed by atoms with Gasteiger partial charge in [-0.05, 0) is 25.3 Å². The number of hydrogen-bond acceptors (Lipinski definition) is 3. The zero-order chi connectivity index (χ0) is 17.3. The first-order valence-corrected chi connectivity index (χ1v) is 8.11. The van der Waals surface area contributed by atoms with Crippen molar-refractivity contribution < 1.29 is 14.7 Å². The fourth-order valence-corrected chi connectivity index (χ4v) is 3.48. The van der Waals surface area contributed by atoms with Crippen LogP contribution in [0.15, 0.2) is 35.3 Å². The molecule has 1 aromatic carbocycles. The van der Waals surface area contributed by atoms with Crippen LogP contribution in [0.1, 0.15) is 36.5 Å². The van der Waals surface area contributed by atoms with E-state index in [1.165, 1.54) is 6.20 Å². The first kappa shape index (κ1) is 16.2. The fourth-order valence-electron chi connectivity index (χ4n) is 3.48. The maximum absolute atomic E-state index is 13.0. The Morgan fingerprint density at radius 3 is 2.67 bits per heavy atom. The van der Waals surface area contributed by atoms with Gasteiger partial charge in [0.05, 0.1) is 11.0 Å². The minimum atomic E-state index is -0.883. The zero-order valence-corrected chi connectivity index (χ0v) is 13.5. The number of pyridine rings is 1. The van der Waals surface area contributed by atoms with Gasteiger partial charge in [-0.25, -0.2) is 0 Å². The van der Waals surface area contributed by atoms with Gasteiger partial charge in [0.25, 0.3) is 11.5 Å². The van der Waals surface area contributed by atoms with Gasteiger partial charge in [0.2, 0.25) is 0 Å². The van der Waals surface area contributed by atoms with Crippen LogP contribution in [0.5, 0.6) is 0 Å². The van der Waals surface area contributed by atoms with Crippen molar-refractivity contribution in [1.82, 2.24) is 9.88 Å². The molecule has 1 amide bonds. The van der Waals surface area contributed by atoms with Gasteiger partial charge in [-0.3, -0.25) is 14.4 Å². The molecule has 2 heterocycles. The van der Waals surface area contributed by atoms with Crippen LogP contribution in [0.2, 0.25) is 0 Å². The highest BCUT2D eigenvalue weighted by Crippen LogP contribution is 2.34. The highest BCUT2D eigenvalue weighted by molar-refractivity contribution is 6.06. The molecular formula is C18H20N2O4. The lowest BCUT2D eigenvalue weighted by Gasteiger charge is -2.39. The number of amides is 1. The SMILES string of the molecule is CC[C@@]1(C(=O)O)CCCN(C(=O)c2c[nH]c(=O)c3ccccc23)C1. The lowest BCUT2D eigenvalue weighted by atomic mass is 9.77. The molecule has 1 saturated heterocycles. The highest BCUT2D eigenvalue weighted by atomic mass is 16.4. The minimum Gasteiger partial charge on any atom is -0.481 e. The van der Waals surface area contributed by atoms with Crippen LogP contribution in [0.4, 0.5) is 0 Å². The molecule has 0 radical (unpaired) electrons. The molecule has 6 nitrogen and oxygen atoms in total. The topological polar surface area (TPSA) is 90.5 Å². The monoisotopic (exact) mass is 328 g/mol. The zero-order valence-electron chi connectivity index (χ0n) is 13.5. The van der Waals surface area contributed by atoms with Crippen molar-refractivity contribution in [2.75, 3.05) is 13.1 Å². The second kappa shape index (κ2) is 6.11. The van der Waals surface area contributed by atoms with Crippen molar-refractivity contribution >= 4 is 22.6 Å². The molecule has 0 aliphatic carbocycles. The van der Waals surface area contributed by atoms with E-state index in [0.29, 0.717) is 42.1 Å². The van der Waals surface area contributed by atoms with E-state index in [9.17, 15) is 19.5 Å². The standard InChI is InChI=1S/C18H20N2O4/c1-2-18(17(23)24)8-5-9-20(11-18)16(22)14-10-19-15(21)13-7-4-3-6-12(13)14/h3-4,6-7,10H,2,5,8-9,11H2,1H3,(H,19,21)(H,23,24)/t18-/m1/s1. The van der Waals surface area contributed by atoms with E-state index in [1.54, 1.807) is 29.2 Å². The quantitative estimate of drug-likeness (QED) is 0.904. The van der Waals surface area contributed by atoms with Gasteiger partial charge in [0.15, 0.2) is 0 Å². The summed E-state index contributed by atoms with van der Waals surface area (Å²) in [6.07, 6.45) is 3.15. The molecule has 2 aromatic rings. The number of carboxylic acids is 1. The Morgan fingerprint density at radius 2 is 2.00 bits per heavy atom. The number of benzene rings is 1. The number of aliphatic carboxylic acids is 1. The molecule has 1 aliphatic heterocycles. The first-order chi connectivity index (χ1) is 11.5. The summed E-state index contributed by atoms with van der Waals surface area (Å²) in [5, 5.41) is 10.6. The Bertz CT molecular complexity index is 857. The van der Waals surface area contributed by atoms with E-state index in [1.807, 2.05) is 6.92 Å². The first-order valence-electron chi connectivity index (χ1n) is 8.11. The van der Waals surface area contributed by atoms with Crippen LogP contribution in [0.3, 0.4) is 0 Å². The molecule has 0 spiro atoms. The van der Waals surface area contributed by atoms with Crippen molar-refractivity contribution in [1.29, 1.82) is 0 Å². The summed E-state index contributed by atoms with van der Waals surface area (Å²) >= 11 is 0. The molecular weight excluding hydrogens is 308 g/mol. The van der Waals surface area contributed by atoms with Crippen molar-refractivity contribution in [3.05, 3.63) is 46.4 Å². The third-order valence-corrected chi connectivity index (χ3v) is 5.03. The summed E-state index contributed by atoms with van der Waals surface area (Å²) in [6.45, 7) is 2.57. The van der Waals surface area contributed by atoms with Crippen molar-refractivity contribution in [2.45, 2.75) is 26.2 Å². The van der Waals surface area contributed by atoms with Crippen LogP contribution < -0.4 is 5.56 Å². The number of hydrogen-bond donors (Lipinski definition) is 2. The van der Waals surface area contributed by atoms with Gasteiger partial charge in [0.1, 0.15) is 0 Å². The van der Waals surface area contributed by atoms with Gasteiger partial charge >= 0.3 is 5.97 Å². The van der Waals surface area contributed by atoms with Crippen LogP contribution >= 0.6 is 0 Å². The van der Waals surface area contributed by atoms with Gasteiger partial charge in [-0.15, -0.1) is 0 Å². The van der Waals surface area contributed by atoms with Crippen molar-refractivity contribution in [3.63, 3.8) is 0 Å². The number of carboxylic acid groups (broad SMARTS) is 1. The third-order valence-electron chi connectivity index (χ3n) is 5.03. The fraction of sp³-hybridized carbons (Fsp3) is 0.389. The molecule has 0 saturated carbocycles. The second-order valence-electron chi connectivity index (χ2n) is 6.35. The summed E-state index contributed by atoms with van der Waals surface area (Å²) in [5.41, 5.74) is -0.719. The molecule has 1 atom stereocenters. The number of carbonyl (C=O) groups is 2. The Kier molecular flexibility index (Phi) is 4.13. The average molecular weight is 328 g/mol. The maximum Gasteiger partial charge on any atom is 0.311 e. The normalized spacial score (nSPS) is 21.0. The van der Waals surface area contributed by atoms with Crippen LogP contribution in [0.25, 0.3) is 10.8 Å². The molecule has 0 bridgehead atoms. The van der Waals surface area contributed by atoms with Crippen LogP contribution in [-0.2, 0) is 4.79 Å². The number of aromatic nitrogens is 1. The molecule has 126 valence electrons. The summed E-state index contributed by atoms with van der Waals surface area (Å²) in [5.74, 6) is -1.09. The Hall–Kier alpha value is -2.63. The number of rotatable bonds is 3. The van der Waals surface area contributed by atoms with E-state index in [0.717, 1.165) is 0 Å². The van der Waals surface area contributed by atoms with Crippen molar-refractivity contribution in [2.24, 2.45) is 5.41 Å². The Morgan fingerprint density at radius 1 is 1.29 bits per heavy atom. The van der Waals surface area contributed by atoms with E-state index in [4.69, 9.17) is 0 Å². The predicted molar refractivity (Wildman–Crippen MR) is 90.1 cm³/mol. The van der Waals surface area contributed by atoms with Gasteiger partial charge in [0, 0.05) is 30.1 Å². The summed E-state index contributed by atoms with van der Waals surface area (Å²) in [7, 11) is 0. The summed E-state index contributed by atoms with van der Waals surface area (Å²) in [4.78, 5) is 40.8. The van der Waals surface area contributed by atoms with E-state index >= 15 is 0 Å². The lowest BCUT2D eigenvalue weighted by molar-refractivity contribution is -0.152. The van der Waals surface area contributed by atoms with Gasteiger partial charge < -0.3 is 15.0 Å². The Balaban J connectivity index is 1.99. The van der Waals surface area contributed by atoms with Gasteiger partial charge in [-0.1, -0.05) is 25.1 Å².